The predicted octanol–water partition coefficient (Wildman–Crippen LogP) is 4.22. The predicted molar refractivity (Wildman–Crippen MR) is 126 cm³/mol. The topological polar surface area (TPSA) is 71.2 Å². The average molecular weight is 439 g/mol. The minimum absolute atomic E-state index is 0.120. The van der Waals surface area contributed by atoms with Crippen LogP contribution in [0.1, 0.15) is 48.4 Å². The SMILES string of the molecule is C=Cc1c(Cc2ccc(Cl)nc2)cc2c(=O)n([C@H]3CCCC[C@@H]3O)cnc2c1N(C)C. The summed E-state index contributed by atoms with van der Waals surface area (Å²) in [6.45, 7) is 4.01. The van der Waals surface area contributed by atoms with E-state index >= 15 is 0 Å². The lowest BCUT2D eigenvalue weighted by atomic mass is 9.92. The van der Waals surface area contributed by atoms with Crippen molar-refractivity contribution in [3.05, 3.63) is 69.5 Å². The first-order valence-corrected chi connectivity index (χ1v) is 10.9. The second-order valence-corrected chi connectivity index (χ2v) is 8.72. The molecule has 4 rings (SSSR count). The van der Waals surface area contributed by atoms with E-state index in [1.165, 1.54) is 0 Å². The van der Waals surface area contributed by atoms with Gasteiger partial charge in [0.25, 0.3) is 5.56 Å². The van der Waals surface area contributed by atoms with E-state index in [0.717, 1.165) is 41.6 Å². The highest BCUT2D eigenvalue weighted by atomic mass is 35.5. The van der Waals surface area contributed by atoms with E-state index in [9.17, 15) is 9.90 Å². The van der Waals surface area contributed by atoms with Gasteiger partial charge in [0.1, 0.15) is 10.7 Å². The smallest absolute Gasteiger partial charge is 0.261 e. The highest BCUT2D eigenvalue weighted by Crippen LogP contribution is 2.33. The van der Waals surface area contributed by atoms with Crippen LogP contribution in [0.5, 0.6) is 0 Å². The quantitative estimate of drug-likeness (QED) is 0.604. The Labute approximate surface area is 186 Å². The summed E-state index contributed by atoms with van der Waals surface area (Å²) in [5, 5.41) is 11.5. The number of aromatic nitrogens is 3. The number of aliphatic hydroxyl groups is 1. The van der Waals surface area contributed by atoms with Crippen LogP contribution in [0.25, 0.3) is 17.0 Å². The van der Waals surface area contributed by atoms with E-state index in [1.807, 2.05) is 37.2 Å². The van der Waals surface area contributed by atoms with Crippen molar-refractivity contribution in [2.24, 2.45) is 0 Å². The Bertz CT molecular complexity index is 1170. The fraction of sp³-hybridized carbons (Fsp3) is 0.375. The van der Waals surface area contributed by atoms with Gasteiger partial charge in [-0.3, -0.25) is 9.36 Å². The first kappa shape index (κ1) is 21.5. The minimum atomic E-state index is -0.522. The van der Waals surface area contributed by atoms with Crippen molar-refractivity contribution in [3.63, 3.8) is 0 Å². The van der Waals surface area contributed by atoms with E-state index in [-0.39, 0.29) is 11.6 Å². The number of hydrogen-bond donors (Lipinski definition) is 1. The maximum atomic E-state index is 13.5. The van der Waals surface area contributed by atoms with Crippen molar-refractivity contribution in [2.75, 3.05) is 19.0 Å². The molecule has 1 saturated carbocycles. The molecule has 3 aromatic rings. The molecule has 1 fully saturated rings. The Morgan fingerprint density at radius 3 is 2.71 bits per heavy atom. The zero-order valence-corrected chi connectivity index (χ0v) is 18.6. The van der Waals surface area contributed by atoms with Crippen LogP contribution < -0.4 is 10.5 Å². The highest BCUT2D eigenvalue weighted by molar-refractivity contribution is 6.29. The normalized spacial score (nSPS) is 18.8. The highest BCUT2D eigenvalue weighted by Gasteiger charge is 2.27. The Kier molecular flexibility index (Phi) is 6.12. The van der Waals surface area contributed by atoms with Crippen molar-refractivity contribution in [1.29, 1.82) is 0 Å². The minimum Gasteiger partial charge on any atom is -0.391 e. The van der Waals surface area contributed by atoms with Crippen molar-refractivity contribution in [1.82, 2.24) is 14.5 Å². The number of rotatable bonds is 5. The molecule has 2 aromatic heterocycles. The van der Waals surface area contributed by atoms with Gasteiger partial charge in [0, 0.05) is 25.9 Å². The van der Waals surface area contributed by atoms with E-state index in [0.29, 0.717) is 28.9 Å². The van der Waals surface area contributed by atoms with Crippen LogP contribution in [0.15, 0.2) is 42.1 Å². The molecular formula is C24H27ClN4O2. The summed E-state index contributed by atoms with van der Waals surface area (Å²) < 4.78 is 1.62. The molecule has 162 valence electrons. The van der Waals surface area contributed by atoms with Crippen molar-refractivity contribution in [3.8, 4) is 0 Å². The second kappa shape index (κ2) is 8.81. The largest absolute Gasteiger partial charge is 0.391 e. The molecule has 1 N–H and O–H groups in total. The van der Waals surface area contributed by atoms with Gasteiger partial charge in [0.15, 0.2) is 0 Å². The third kappa shape index (κ3) is 4.10. The van der Waals surface area contributed by atoms with Gasteiger partial charge < -0.3 is 10.0 Å². The lowest BCUT2D eigenvalue weighted by Gasteiger charge is -2.29. The Morgan fingerprint density at radius 2 is 2.06 bits per heavy atom. The van der Waals surface area contributed by atoms with Crippen molar-refractivity contribution in [2.45, 2.75) is 44.2 Å². The van der Waals surface area contributed by atoms with Gasteiger partial charge in [-0.25, -0.2) is 9.97 Å². The molecule has 0 bridgehead atoms. The maximum absolute atomic E-state index is 13.5. The van der Waals surface area contributed by atoms with Gasteiger partial charge in [-0.2, -0.15) is 0 Å². The van der Waals surface area contributed by atoms with Gasteiger partial charge in [0.05, 0.1) is 29.5 Å². The first-order valence-electron chi connectivity index (χ1n) is 10.6. The van der Waals surface area contributed by atoms with E-state index in [4.69, 9.17) is 11.6 Å². The van der Waals surface area contributed by atoms with Gasteiger partial charge in [-0.15, -0.1) is 0 Å². The summed E-state index contributed by atoms with van der Waals surface area (Å²) in [5.74, 6) is 0. The molecular weight excluding hydrogens is 412 g/mol. The van der Waals surface area contributed by atoms with Crippen LogP contribution in [-0.2, 0) is 6.42 Å². The number of hydrogen-bond acceptors (Lipinski definition) is 5. The van der Waals surface area contributed by atoms with Crippen LogP contribution in [0.3, 0.4) is 0 Å². The van der Waals surface area contributed by atoms with Gasteiger partial charge in [0.2, 0.25) is 0 Å². The number of anilines is 1. The van der Waals surface area contributed by atoms with Crippen LogP contribution in [0, 0.1) is 0 Å². The number of nitrogens with zero attached hydrogens (tertiary/aromatic N) is 4. The Hall–Kier alpha value is -2.70. The maximum Gasteiger partial charge on any atom is 0.261 e. The van der Waals surface area contributed by atoms with Crippen LogP contribution in [-0.4, -0.2) is 39.8 Å². The van der Waals surface area contributed by atoms with Gasteiger partial charge in [-0.05, 0) is 42.5 Å². The van der Waals surface area contributed by atoms with Gasteiger partial charge >= 0.3 is 0 Å². The fourth-order valence-electron chi connectivity index (χ4n) is 4.54. The first-order chi connectivity index (χ1) is 14.9. The van der Waals surface area contributed by atoms with E-state index < -0.39 is 6.10 Å². The fourth-order valence-corrected chi connectivity index (χ4v) is 4.65. The third-order valence-corrected chi connectivity index (χ3v) is 6.28. The molecule has 1 aliphatic rings. The van der Waals surface area contributed by atoms with Crippen molar-refractivity contribution < 1.29 is 5.11 Å². The summed E-state index contributed by atoms with van der Waals surface area (Å²) in [6.07, 6.45) is 8.69. The zero-order chi connectivity index (χ0) is 22.1. The second-order valence-electron chi connectivity index (χ2n) is 8.33. The lowest BCUT2D eigenvalue weighted by Crippen LogP contribution is -2.35. The monoisotopic (exact) mass is 438 g/mol. The van der Waals surface area contributed by atoms with Crippen LogP contribution in [0.2, 0.25) is 5.15 Å². The number of halogens is 1. The van der Waals surface area contributed by atoms with E-state index in [2.05, 4.69) is 16.5 Å². The summed E-state index contributed by atoms with van der Waals surface area (Å²) in [6, 6.07) is 5.37. The molecule has 0 unspecified atom stereocenters. The molecule has 1 aromatic carbocycles. The average Bonchev–Trinajstić information content (AvgIpc) is 2.75. The number of aliphatic hydroxyl groups excluding tert-OH is 1. The summed E-state index contributed by atoms with van der Waals surface area (Å²) in [4.78, 5) is 24.4. The number of benzene rings is 1. The summed E-state index contributed by atoms with van der Waals surface area (Å²) >= 11 is 5.94. The molecule has 2 heterocycles. The zero-order valence-electron chi connectivity index (χ0n) is 17.9. The Balaban J connectivity index is 1.92. The summed E-state index contributed by atoms with van der Waals surface area (Å²) in [7, 11) is 3.88. The molecule has 2 atom stereocenters. The standard InChI is InChI=1S/C24H27ClN4O2/c1-4-17-16(11-15-9-10-21(25)26-13-15)12-18-22(23(17)28(2)3)27-14-29(24(18)31)19-7-5-6-8-20(19)30/h4,9-10,12-14,19-20,30H,1,5-8,11H2,2-3H3/t19-,20-/m0/s1. The molecule has 6 nitrogen and oxygen atoms in total. The molecule has 0 radical (unpaired) electrons. The number of pyridine rings is 1. The number of fused-ring (bicyclic) bond motifs is 1. The molecule has 0 saturated heterocycles. The molecule has 7 heteroatoms. The van der Waals surface area contributed by atoms with Crippen LogP contribution in [0.4, 0.5) is 5.69 Å². The third-order valence-electron chi connectivity index (χ3n) is 6.06. The molecule has 0 amide bonds. The Morgan fingerprint density at radius 1 is 1.29 bits per heavy atom. The molecule has 1 aliphatic carbocycles. The summed E-state index contributed by atoms with van der Waals surface area (Å²) in [5.41, 5.74) is 4.28. The molecule has 0 aliphatic heterocycles. The molecule has 31 heavy (non-hydrogen) atoms. The van der Waals surface area contributed by atoms with Crippen molar-refractivity contribution >= 4 is 34.3 Å². The lowest BCUT2D eigenvalue weighted by molar-refractivity contribution is 0.0735. The van der Waals surface area contributed by atoms with Crippen LogP contribution >= 0.6 is 11.6 Å². The van der Waals surface area contributed by atoms with E-state index in [1.54, 1.807) is 23.2 Å². The van der Waals surface area contributed by atoms with Gasteiger partial charge in [-0.1, -0.05) is 43.2 Å². The molecule has 0 spiro atoms.